The van der Waals surface area contributed by atoms with Crippen molar-refractivity contribution >= 4 is 29.7 Å². The number of carboxylic acids is 2. The molecule has 1 aliphatic carbocycles. The van der Waals surface area contributed by atoms with E-state index in [2.05, 4.69) is 5.32 Å². The van der Waals surface area contributed by atoms with Gasteiger partial charge in [0.25, 0.3) is 0 Å². The van der Waals surface area contributed by atoms with Crippen LogP contribution in [0.4, 0.5) is 0 Å². The van der Waals surface area contributed by atoms with E-state index >= 15 is 0 Å². The zero-order valence-corrected chi connectivity index (χ0v) is 31.9. The van der Waals surface area contributed by atoms with Gasteiger partial charge in [-0.15, -0.1) is 0 Å². The number of para-hydroxylation sites is 2. The van der Waals surface area contributed by atoms with Crippen LogP contribution >= 0.6 is 0 Å². The third-order valence-corrected chi connectivity index (χ3v) is 10.0. The van der Waals surface area contributed by atoms with Crippen molar-refractivity contribution < 1.29 is 43.7 Å². The van der Waals surface area contributed by atoms with E-state index in [1.165, 1.54) is 0 Å². The predicted octanol–water partition coefficient (Wildman–Crippen LogP) is 7.14. The lowest BCUT2D eigenvalue weighted by Gasteiger charge is -2.57. The van der Waals surface area contributed by atoms with Gasteiger partial charge in [-0.1, -0.05) is 74.5 Å². The molecule has 12 nitrogen and oxygen atoms in total. The van der Waals surface area contributed by atoms with Gasteiger partial charge in [0.15, 0.2) is 0 Å². The summed E-state index contributed by atoms with van der Waals surface area (Å²) >= 11 is 0. The summed E-state index contributed by atoms with van der Waals surface area (Å²) in [7, 11) is 0. The molecular formula is C44H49N3O9. The molecule has 0 saturated heterocycles. The molecule has 56 heavy (non-hydrogen) atoms. The van der Waals surface area contributed by atoms with Gasteiger partial charge in [0.2, 0.25) is 17.7 Å². The van der Waals surface area contributed by atoms with Crippen molar-refractivity contribution in [3.63, 3.8) is 0 Å². The van der Waals surface area contributed by atoms with Crippen LogP contribution in [0.3, 0.4) is 0 Å². The molecule has 4 aromatic carbocycles. The number of carboxylic acid groups (broad SMARTS) is 2. The van der Waals surface area contributed by atoms with Crippen LogP contribution in [0.1, 0.15) is 57.6 Å². The molecule has 0 aromatic heterocycles. The Labute approximate surface area is 327 Å². The van der Waals surface area contributed by atoms with E-state index in [4.69, 9.17) is 9.47 Å². The second kappa shape index (κ2) is 18.9. The number of hydrogen-bond donors (Lipinski definition) is 3. The maximum atomic E-state index is 14.9. The SMILES string of the molecule is CCCN(Cc1ccc(Oc2ccccc2)cc1)C(=O)C1C(C(=O)O)C(NC(=O)CCC(=O)O)C1(C)C(=O)N(CCC)Cc1ccc(Oc2ccccc2)cc1. The lowest BCUT2D eigenvalue weighted by atomic mass is 9.49. The Bertz CT molecular complexity index is 1960. The predicted molar refractivity (Wildman–Crippen MR) is 209 cm³/mol. The van der Waals surface area contributed by atoms with Crippen molar-refractivity contribution in [1.82, 2.24) is 15.1 Å². The van der Waals surface area contributed by atoms with Crippen LogP contribution in [0, 0.1) is 17.3 Å². The fraction of sp³-hybridized carbons (Fsp3) is 0.341. The molecule has 1 fully saturated rings. The Morgan fingerprint density at radius 3 is 1.54 bits per heavy atom. The molecule has 4 atom stereocenters. The van der Waals surface area contributed by atoms with Crippen LogP contribution in [-0.2, 0) is 37.1 Å². The second-order valence-electron chi connectivity index (χ2n) is 14.2. The van der Waals surface area contributed by atoms with Crippen molar-refractivity contribution in [1.29, 1.82) is 0 Å². The molecule has 0 spiro atoms. The monoisotopic (exact) mass is 763 g/mol. The van der Waals surface area contributed by atoms with E-state index in [1.807, 2.05) is 98.8 Å². The maximum Gasteiger partial charge on any atom is 0.309 e. The van der Waals surface area contributed by atoms with Gasteiger partial charge in [-0.3, -0.25) is 24.0 Å². The molecule has 0 bridgehead atoms. The summed E-state index contributed by atoms with van der Waals surface area (Å²) in [5.74, 6) is -4.47. The number of nitrogens with zero attached hydrogens (tertiary/aromatic N) is 2. The smallest absolute Gasteiger partial charge is 0.309 e. The van der Waals surface area contributed by atoms with Gasteiger partial charge >= 0.3 is 11.9 Å². The van der Waals surface area contributed by atoms with Gasteiger partial charge < -0.3 is 34.8 Å². The highest BCUT2D eigenvalue weighted by Gasteiger charge is 2.70. The first-order chi connectivity index (χ1) is 26.9. The Morgan fingerprint density at radius 2 is 1.09 bits per heavy atom. The highest BCUT2D eigenvalue weighted by molar-refractivity contribution is 5.99. The summed E-state index contributed by atoms with van der Waals surface area (Å²) in [6.45, 7) is 6.25. The van der Waals surface area contributed by atoms with E-state index < -0.39 is 65.8 Å². The number of aliphatic carboxylic acids is 2. The summed E-state index contributed by atoms with van der Waals surface area (Å²) in [5.41, 5.74) is -0.122. The molecule has 0 radical (unpaired) electrons. The van der Waals surface area contributed by atoms with Gasteiger partial charge in [-0.05, 0) is 79.4 Å². The third kappa shape index (κ3) is 9.92. The molecule has 4 aromatic rings. The summed E-state index contributed by atoms with van der Waals surface area (Å²) < 4.78 is 11.8. The summed E-state index contributed by atoms with van der Waals surface area (Å²) in [4.78, 5) is 70.1. The van der Waals surface area contributed by atoms with Crippen molar-refractivity contribution in [2.24, 2.45) is 17.3 Å². The zero-order chi connectivity index (χ0) is 40.2. The minimum atomic E-state index is -1.68. The molecule has 294 valence electrons. The highest BCUT2D eigenvalue weighted by Crippen LogP contribution is 2.54. The molecule has 1 saturated carbocycles. The highest BCUT2D eigenvalue weighted by atomic mass is 16.5. The molecule has 5 rings (SSSR count). The number of carbonyl (C=O) groups is 5. The fourth-order valence-electron chi connectivity index (χ4n) is 7.29. The van der Waals surface area contributed by atoms with E-state index in [1.54, 1.807) is 41.0 Å². The van der Waals surface area contributed by atoms with Gasteiger partial charge in [-0.2, -0.15) is 0 Å². The third-order valence-electron chi connectivity index (χ3n) is 10.0. The van der Waals surface area contributed by atoms with Crippen LogP contribution in [-0.4, -0.2) is 68.8 Å². The molecule has 3 amide bonds. The molecular weight excluding hydrogens is 714 g/mol. The van der Waals surface area contributed by atoms with Crippen LogP contribution < -0.4 is 14.8 Å². The Hall–Kier alpha value is -6.17. The molecule has 4 unspecified atom stereocenters. The fourth-order valence-corrected chi connectivity index (χ4v) is 7.29. The molecule has 3 N–H and O–H groups in total. The Kier molecular flexibility index (Phi) is 13.9. The number of nitrogens with one attached hydrogen (secondary N) is 1. The average Bonchev–Trinajstić information content (AvgIpc) is 3.19. The van der Waals surface area contributed by atoms with Gasteiger partial charge in [0, 0.05) is 32.6 Å². The molecule has 0 heterocycles. The van der Waals surface area contributed by atoms with Gasteiger partial charge in [0.1, 0.15) is 23.0 Å². The van der Waals surface area contributed by atoms with Crippen LogP contribution in [0.5, 0.6) is 23.0 Å². The Morgan fingerprint density at radius 1 is 0.643 bits per heavy atom. The minimum absolute atomic E-state index is 0.150. The largest absolute Gasteiger partial charge is 0.481 e. The second-order valence-corrected chi connectivity index (χ2v) is 14.2. The van der Waals surface area contributed by atoms with E-state index in [9.17, 15) is 34.2 Å². The number of amides is 3. The first-order valence-electron chi connectivity index (χ1n) is 18.9. The standard InChI is InChI=1S/C44H49N3O9/c1-4-26-46(28-30-16-20-34(21-17-30)55-32-12-8-6-9-13-32)41(51)39-38(42(52)53)40(45-36(48)24-25-37(49)50)44(39,3)43(54)47(27-5-2)29-31-18-22-35(23-19-31)56-33-14-10-7-11-15-33/h6-23,38-40H,4-5,24-29H2,1-3H3,(H,45,48)(H,49,50)(H,52,53). The van der Waals surface area contributed by atoms with Crippen LogP contribution in [0.25, 0.3) is 0 Å². The quantitative estimate of drug-likeness (QED) is 0.0902. The van der Waals surface area contributed by atoms with Gasteiger partial charge in [-0.25, -0.2) is 0 Å². The first-order valence-corrected chi connectivity index (χ1v) is 18.9. The maximum absolute atomic E-state index is 14.9. The summed E-state index contributed by atoms with van der Waals surface area (Å²) in [6.07, 6.45) is 0.245. The van der Waals surface area contributed by atoms with Crippen LogP contribution in [0.15, 0.2) is 109 Å². The molecule has 12 heteroatoms. The zero-order valence-electron chi connectivity index (χ0n) is 31.9. The van der Waals surface area contributed by atoms with Crippen LogP contribution in [0.2, 0.25) is 0 Å². The van der Waals surface area contributed by atoms with Crippen molar-refractivity contribution in [2.45, 2.75) is 65.6 Å². The number of benzene rings is 4. The van der Waals surface area contributed by atoms with E-state index in [0.29, 0.717) is 48.9 Å². The normalized spacial score (nSPS) is 18.5. The lowest BCUT2D eigenvalue weighted by molar-refractivity contribution is -0.189. The number of ether oxygens (including phenoxy) is 2. The van der Waals surface area contributed by atoms with Crippen molar-refractivity contribution in [2.75, 3.05) is 13.1 Å². The minimum Gasteiger partial charge on any atom is -0.481 e. The Balaban J connectivity index is 1.43. The van der Waals surface area contributed by atoms with E-state index in [-0.39, 0.29) is 13.1 Å². The van der Waals surface area contributed by atoms with Crippen molar-refractivity contribution in [3.8, 4) is 23.0 Å². The number of hydrogen-bond acceptors (Lipinski definition) is 7. The van der Waals surface area contributed by atoms with Gasteiger partial charge in [0.05, 0.1) is 29.7 Å². The number of carbonyl (C=O) groups excluding carboxylic acids is 3. The lowest BCUT2D eigenvalue weighted by Crippen LogP contribution is -2.75. The molecule has 1 aliphatic rings. The average molecular weight is 764 g/mol. The topological polar surface area (TPSA) is 163 Å². The summed E-state index contributed by atoms with van der Waals surface area (Å²) in [6, 6.07) is 31.9. The summed E-state index contributed by atoms with van der Waals surface area (Å²) in [5, 5.41) is 22.4. The first kappa shape index (κ1) is 41.0. The van der Waals surface area contributed by atoms with Crippen molar-refractivity contribution in [3.05, 3.63) is 120 Å². The number of rotatable bonds is 19. The molecule has 0 aliphatic heterocycles. The van der Waals surface area contributed by atoms with E-state index in [0.717, 1.165) is 11.1 Å².